The first-order valence-corrected chi connectivity index (χ1v) is 6.51. The zero-order chi connectivity index (χ0) is 13.9. The normalized spacial score (nSPS) is 11.6. The van der Waals surface area contributed by atoms with E-state index >= 15 is 0 Å². The van der Waals surface area contributed by atoms with Gasteiger partial charge in [-0.3, -0.25) is 4.79 Å². The number of ketones is 1. The summed E-state index contributed by atoms with van der Waals surface area (Å²) in [5.41, 5.74) is 7.13. The van der Waals surface area contributed by atoms with Crippen molar-refractivity contribution in [2.45, 2.75) is 19.4 Å². The van der Waals surface area contributed by atoms with Crippen molar-refractivity contribution in [3.63, 3.8) is 0 Å². The zero-order valence-corrected chi connectivity index (χ0v) is 11.3. The highest BCUT2D eigenvalue weighted by molar-refractivity contribution is 5.94. The van der Waals surface area contributed by atoms with E-state index in [0.717, 1.165) is 11.1 Å². The minimum Gasteiger partial charge on any atom is -0.312 e. The van der Waals surface area contributed by atoms with Crippen molar-refractivity contribution in [2.24, 2.45) is 11.7 Å². The number of nitrogens with two attached hydrogens (primary N) is 1. The van der Waals surface area contributed by atoms with E-state index < -0.39 is 5.54 Å². The van der Waals surface area contributed by atoms with Crippen molar-refractivity contribution in [3.05, 3.63) is 71.8 Å². The van der Waals surface area contributed by atoms with Crippen molar-refractivity contribution in [2.75, 3.05) is 0 Å². The molecule has 2 aromatic carbocycles. The van der Waals surface area contributed by atoms with E-state index in [9.17, 15) is 4.79 Å². The fraction of sp³-hybridized carbons (Fsp3) is 0.235. The second kappa shape index (κ2) is 5.37. The van der Waals surface area contributed by atoms with Gasteiger partial charge in [0.15, 0.2) is 5.78 Å². The van der Waals surface area contributed by atoms with Crippen molar-refractivity contribution in [3.8, 4) is 0 Å². The molecule has 0 aliphatic rings. The summed E-state index contributed by atoms with van der Waals surface area (Å²) in [5, 5.41) is 0. The molecule has 0 amide bonds. The van der Waals surface area contributed by atoms with Gasteiger partial charge in [-0.15, -0.1) is 0 Å². The molecule has 2 nitrogen and oxygen atoms in total. The van der Waals surface area contributed by atoms with Crippen LogP contribution in [0.25, 0.3) is 0 Å². The van der Waals surface area contributed by atoms with Gasteiger partial charge in [-0.05, 0) is 11.1 Å². The Kier molecular flexibility index (Phi) is 3.82. The third-order valence-electron chi connectivity index (χ3n) is 3.37. The number of Topliss-reactive ketones (excluding diaryl/α,β-unsaturated/α-hetero) is 1. The zero-order valence-electron chi connectivity index (χ0n) is 11.3. The summed E-state index contributed by atoms with van der Waals surface area (Å²) in [6.45, 7) is 3.77. The smallest absolute Gasteiger partial charge is 0.164 e. The molecule has 2 N–H and O–H groups in total. The number of carbonyl (C=O) groups is 1. The molecule has 0 heterocycles. The molecular formula is C17H19NO. The summed E-state index contributed by atoms with van der Waals surface area (Å²) in [5.74, 6) is -0.0877. The Morgan fingerprint density at radius 1 is 0.895 bits per heavy atom. The first-order valence-electron chi connectivity index (χ1n) is 6.51. The van der Waals surface area contributed by atoms with Crippen LogP contribution in [0.2, 0.25) is 0 Å². The van der Waals surface area contributed by atoms with E-state index in [2.05, 4.69) is 0 Å². The second-order valence-electron chi connectivity index (χ2n) is 5.06. The van der Waals surface area contributed by atoms with E-state index in [0.29, 0.717) is 0 Å². The highest BCUT2D eigenvalue weighted by Gasteiger charge is 2.38. The Morgan fingerprint density at radius 3 is 1.58 bits per heavy atom. The van der Waals surface area contributed by atoms with Gasteiger partial charge in [0.1, 0.15) is 5.54 Å². The average Bonchev–Trinajstić information content (AvgIpc) is 2.47. The molecule has 0 aromatic heterocycles. The lowest BCUT2D eigenvalue weighted by Crippen LogP contribution is -2.48. The molecule has 0 aliphatic heterocycles. The molecule has 98 valence electrons. The van der Waals surface area contributed by atoms with Crippen molar-refractivity contribution in [1.82, 2.24) is 0 Å². The average molecular weight is 253 g/mol. The predicted molar refractivity (Wildman–Crippen MR) is 77.7 cm³/mol. The maximum atomic E-state index is 12.6. The molecule has 0 radical (unpaired) electrons. The summed E-state index contributed by atoms with van der Waals surface area (Å²) < 4.78 is 0. The summed E-state index contributed by atoms with van der Waals surface area (Å²) >= 11 is 0. The van der Waals surface area contributed by atoms with Crippen LogP contribution >= 0.6 is 0 Å². The molecule has 0 spiro atoms. The Morgan fingerprint density at radius 2 is 1.26 bits per heavy atom. The number of benzene rings is 2. The molecule has 0 bridgehead atoms. The van der Waals surface area contributed by atoms with E-state index in [1.165, 1.54) is 0 Å². The molecule has 0 atom stereocenters. The van der Waals surface area contributed by atoms with E-state index in [-0.39, 0.29) is 11.7 Å². The highest BCUT2D eigenvalue weighted by Crippen LogP contribution is 2.30. The summed E-state index contributed by atoms with van der Waals surface area (Å²) in [6.07, 6.45) is 0. The fourth-order valence-corrected chi connectivity index (χ4v) is 2.31. The van der Waals surface area contributed by atoms with Gasteiger partial charge in [-0.2, -0.15) is 0 Å². The fourth-order valence-electron chi connectivity index (χ4n) is 2.31. The van der Waals surface area contributed by atoms with Gasteiger partial charge in [-0.1, -0.05) is 74.5 Å². The van der Waals surface area contributed by atoms with Gasteiger partial charge in [0.2, 0.25) is 0 Å². The molecular weight excluding hydrogens is 234 g/mol. The number of rotatable bonds is 4. The quantitative estimate of drug-likeness (QED) is 0.909. The molecule has 19 heavy (non-hydrogen) atoms. The minimum atomic E-state index is -1.07. The lowest BCUT2D eigenvalue weighted by molar-refractivity contribution is -0.126. The van der Waals surface area contributed by atoms with E-state index in [4.69, 9.17) is 5.73 Å². The largest absolute Gasteiger partial charge is 0.312 e. The number of hydrogen-bond acceptors (Lipinski definition) is 2. The van der Waals surface area contributed by atoms with Gasteiger partial charge >= 0.3 is 0 Å². The summed E-state index contributed by atoms with van der Waals surface area (Å²) in [6, 6.07) is 19.1. The monoisotopic (exact) mass is 253 g/mol. The Balaban J connectivity index is 2.61. The van der Waals surface area contributed by atoms with Gasteiger partial charge in [-0.25, -0.2) is 0 Å². The lowest BCUT2D eigenvalue weighted by atomic mass is 9.77. The molecule has 0 saturated carbocycles. The molecule has 2 heteroatoms. The Bertz CT molecular complexity index is 506. The van der Waals surface area contributed by atoms with Crippen LogP contribution in [0.15, 0.2) is 60.7 Å². The third-order valence-corrected chi connectivity index (χ3v) is 3.37. The number of hydrogen-bond donors (Lipinski definition) is 1. The van der Waals surface area contributed by atoms with Crippen LogP contribution in [0.5, 0.6) is 0 Å². The molecule has 0 aliphatic carbocycles. The van der Waals surface area contributed by atoms with Crippen LogP contribution < -0.4 is 5.73 Å². The van der Waals surface area contributed by atoms with Crippen LogP contribution in [-0.4, -0.2) is 5.78 Å². The Hall–Kier alpha value is -1.93. The third kappa shape index (κ3) is 2.45. The molecule has 0 fully saturated rings. The first-order chi connectivity index (χ1) is 9.06. The van der Waals surface area contributed by atoms with Crippen LogP contribution in [0.4, 0.5) is 0 Å². The summed E-state index contributed by atoms with van der Waals surface area (Å²) in [4.78, 5) is 12.6. The first kappa shape index (κ1) is 13.5. The standard InChI is InChI=1S/C17H19NO/c1-13(2)16(19)17(18,14-9-5-3-6-10-14)15-11-7-4-8-12-15/h3-13H,18H2,1-2H3. The highest BCUT2D eigenvalue weighted by atomic mass is 16.1. The topological polar surface area (TPSA) is 43.1 Å². The van der Waals surface area contributed by atoms with Crippen LogP contribution in [0.3, 0.4) is 0 Å². The van der Waals surface area contributed by atoms with Gasteiger partial charge in [0, 0.05) is 5.92 Å². The van der Waals surface area contributed by atoms with Gasteiger partial charge < -0.3 is 5.73 Å². The van der Waals surface area contributed by atoms with Crippen molar-refractivity contribution < 1.29 is 4.79 Å². The van der Waals surface area contributed by atoms with E-state index in [1.54, 1.807) is 0 Å². The summed E-state index contributed by atoms with van der Waals surface area (Å²) in [7, 11) is 0. The second-order valence-corrected chi connectivity index (χ2v) is 5.06. The van der Waals surface area contributed by atoms with Crippen molar-refractivity contribution in [1.29, 1.82) is 0 Å². The number of carbonyl (C=O) groups excluding carboxylic acids is 1. The van der Waals surface area contributed by atoms with Gasteiger partial charge in [0.05, 0.1) is 0 Å². The van der Waals surface area contributed by atoms with Crippen LogP contribution in [-0.2, 0) is 10.3 Å². The maximum Gasteiger partial charge on any atom is 0.164 e. The van der Waals surface area contributed by atoms with E-state index in [1.807, 2.05) is 74.5 Å². The van der Waals surface area contributed by atoms with Gasteiger partial charge in [0.25, 0.3) is 0 Å². The molecule has 0 unspecified atom stereocenters. The molecule has 0 saturated heterocycles. The van der Waals surface area contributed by atoms with Crippen LogP contribution in [0, 0.1) is 5.92 Å². The maximum absolute atomic E-state index is 12.6. The molecule has 2 aromatic rings. The lowest BCUT2D eigenvalue weighted by Gasteiger charge is -2.31. The Labute approximate surface area is 114 Å². The van der Waals surface area contributed by atoms with Crippen LogP contribution in [0.1, 0.15) is 25.0 Å². The minimum absolute atomic E-state index is 0.0323. The SMILES string of the molecule is CC(C)C(=O)C(N)(c1ccccc1)c1ccccc1. The van der Waals surface area contributed by atoms with Crippen molar-refractivity contribution >= 4 is 5.78 Å². The molecule has 2 rings (SSSR count). The predicted octanol–water partition coefficient (Wildman–Crippen LogP) is 3.11.